The third kappa shape index (κ3) is 9.10. The van der Waals surface area contributed by atoms with E-state index in [1.165, 1.54) is 8.61 Å². The molecule has 7 rings (SSSR count). The standard InChI is InChI=1S/C44H42N2O10S2/c47-41(27-55-43(49)39-17-9-25-45(39)57(51,52)29-31-11-3-1-4-12-31)34-21-19-33(20-22-34)35-23-24-38(37-16-8-7-15-36(35)37)42(48)28-56-44(50)40-18-10-26-46(40)58(53,54)30-32-13-5-2-6-14-32/h1-8,11-16,19-24,39-40H,9-10,17-18,25-30H2/t39-,40?/m0/s1. The highest BCUT2D eigenvalue weighted by molar-refractivity contribution is 7.88. The molecule has 2 atom stereocenters. The SMILES string of the molecule is O=C(COC(=O)[C@@H]1CCCN1S(=O)(=O)Cc1ccccc1)c1ccc(-c2ccc(C(=O)COC(=O)C3CCCN3S(=O)(=O)Cc3ccccc3)c3ccccc23)cc1. The Morgan fingerprint density at radius 3 is 1.52 bits per heavy atom. The van der Waals surface area contributed by atoms with E-state index in [9.17, 15) is 36.0 Å². The van der Waals surface area contributed by atoms with Crippen LogP contribution >= 0.6 is 0 Å². The number of hydrogen-bond donors (Lipinski definition) is 0. The number of esters is 2. The highest BCUT2D eigenvalue weighted by Gasteiger charge is 2.41. The van der Waals surface area contributed by atoms with Gasteiger partial charge in [-0.15, -0.1) is 0 Å². The van der Waals surface area contributed by atoms with E-state index in [0.717, 1.165) is 16.5 Å². The number of nitrogens with zero attached hydrogens (tertiary/aromatic N) is 2. The molecule has 0 saturated carbocycles. The minimum absolute atomic E-state index is 0.195. The second-order valence-corrected chi connectivity index (χ2v) is 18.2. The number of ether oxygens (including phenoxy) is 2. The number of carbonyl (C=O) groups excluding carboxylic acids is 4. The summed E-state index contributed by atoms with van der Waals surface area (Å²) in [5, 5.41) is 1.36. The van der Waals surface area contributed by atoms with E-state index in [2.05, 4.69) is 0 Å². The van der Waals surface area contributed by atoms with Crippen LogP contribution in [0.4, 0.5) is 0 Å². The predicted octanol–water partition coefficient (Wildman–Crippen LogP) is 5.95. The number of ketones is 2. The van der Waals surface area contributed by atoms with Crippen molar-refractivity contribution in [1.82, 2.24) is 8.61 Å². The zero-order valence-corrected chi connectivity index (χ0v) is 33.2. The lowest BCUT2D eigenvalue weighted by Crippen LogP contribution is -2.42. The molecule has 300 valence electrons. The van der Waals surface area contributed by atoms with Crippen LogP contribution in [0.3, 0.4) is 0 Å². The first-order valence-corrected chi connectivity index (χ1v) is 22.2. The lowest BCUT2D eigenvalue weighted by atomic mass is 9.93. The van der Waals surface area contributed by atoms with Gasteiger partial charge in [-0.05, 0) is 58.7 Å². The highest BCUT2D eigenvalue weighted by atomic mass is 32.2. The fraction of sp³-hybridized carbons (Fsp3) is 0.273. The second-order valence-electron chi connectivity index (χ2n) is 14.4. The number of Topliss-reactive ketones (excluding diaryl/α,β-unsaturated/α-hetero) is 2. The normalized spacial score (nSPS) is 17.6. The van der Waals surface area contributed by atoms with Crippen LogP contribution in [0.5, 0.6) is 0 Å². The molecule has 58 heavy (non-hydrogen) atoms. The van der Waals surface area contributed by atoms with Gasteiger partial charge in [0.1, 0.15) is 12.1 Å². The summed E-state index contributed by atoms with van der Waals surface area (Å²) in [6.45, 7) is -0.713. The van der Waals surface area contributed by atoms with E-state index in [1.807, 2.05) is 12.1 Å². The number of hydrogen-bond acceptors (Lipinski definition) is 10. The average Bonchev–Trinajstić information content (AvgIpc) is 3.95. The number of rotatable bonds is 15. The zero-order chi connectivity index (χ0) is 40.9. The summed E-state index contributed by atoms with van der Waals surface area (Å²) in [5.41, 5.74) is 3.37. The Hall–Kier alpha value is -5.54. The van der Waals surface area contributed by atoms with Crippen LogP contribution in [0.1, 0.15) is 57.5 Å². The van der Waals surface area contributed by atoms with Gasteiger partial charge in [0.05, 0.1) is 11.5 Å². The molecule has 2 aliphatic heterocycles. The summed E-state index contributed by atoms with van der Waals surface area (Å²) in [7, 11) is -7.59. The van der Waals surface area contributed by atoms with Gasteiger partial charge in [0.25, 0.3) is 0 Å². The van der Waals surface area contributed by atoms with E-state index >= 15 is 0 Å². The highest BCUT2D eigenvalue weighted by Crippen LogP contribution is 2.32. The summed E-state index contributed by atoms with van der Waals surface area (Å²) < 4.78 is 65.8. The first kappa shape index (κ1) is 40.6. The van der Waals surface area contributed by atoms with E-state index in [4.69, 9.17) is 9.47 Å². The maximum atomic E-state index is 13.5. The second kappa shape index (κ2) is 17.5. The quantitative estimate of drug-likeness (QED) is 0.0912. The molecule has 0 amide bonds. The number of sulfonamides is 2. The number of benzene rings is 5. The third-order valence-corrected chi connectivity index (χ3v) is 14.2. The van der Waals surface area contributed by atoms with Crippen molar-refractivity contribution in [3.05, 3.63) is 144 Å². The van der Waals surface area contributed by atoms with Crippen LogP contribution in [0, 0.1) is 0 Å². The van der Waals surface area contributed by atoms with Gasteiger partial charge < -0.3 is 9.47 Å². The van der Waals surface area contributed by atoms with Crippen molar-refractivity contribution in [2.75, 3.05) is 26.3 Å². The molecule has 2 heterocycles. The van der Waals surface area contributed by atoms with Gasteiger partial charge >= 0.3 is 11.9 Å². The van der Waals surface area contributed by atoms with Crippen molar-refractivity contribution in [3.8, 4) is 11.1 Å². The van der Waals surface area contributed by atoms with Crippen LogP contribution in [0.15, 0.2) is 121 Å². The van der Waals surface area contributed by atoms with E-state index in [-0.39, 0.29) is 24.6 Å². The Balaban J connectivity index is 0.971. The summed E-state index contributed by atoms with van der Waals surface area (Å²) in [6, 6.07) is 32.8. The van der Waals surface area contributed by atoms with Crippen LogP contribution in [-0.2, 0) is 50.6 Å². The lowest BCUT2D eigenvalue weighted by molar-refractivity contribution is -0.147. The first-order valence-electron chi connectivity index (χ1n) is 19.0. The molecule has 0 spiro atoms. The Kier molecular flexibility index (Phi) is 12.3. The molecular weight excluding hydrogens is 781 g/mol. The minimum Gasteiger partial charge on any atom is -0.456 e. The Morgan fingerprint density at radius 1 is 0.534 bits per heavy atom. The van der Waals surface area contributed by atoms with Gasteiger partial charge in [-0.2, -0.15) is 8.61 Å². The Bertz CT molecular complexity index is 2550. The van der Waals surface area contributed by atoms with Crippen molar-refractivity contribution >= 4 is 54.3 Å². The van der Waals surface area contributed by atoms with E-state index in [1.54, 1.807) is 109 Å². The molecule has 2 fully saturated rings. The summed E-state index contributed by atoms with van der Waals surface area (Å²) in [5.74, 6) is -2.90. The molecule has 0 radical (unpaired) electrons. The van der Waals surface area contributed by atoms with E-state index in [0.29, 0.717) is 53.3 Å². The molecule has 0 bridgehead atoms. The molecule has 12 nitrogen and oxygen atoms in total. The smallest absolute Gasteiger partial charge is 0.324 e. The fourth-order valence-corrected chi connectivity index (χ4v) is 11.1. The summed E-state index contributed by atoms with van der Waals surface area (Å²) in [4.78, 5) is 52.7. The molecule has 0 aliphatic carbocycles. The average molecular weight is 823 g/mol. The molecule has 2 saturated heterocycles. The van der Waals surface area contributed by atoms with Crippen LogP contribution < -0.4 is 0 Å². The molecule has 1 unspecified atom stereocenters. The number of carbonyl (C=O) groups is 4. The van der Waals surface area contributed by atoms with Gasteiger partial charge in [-0.3, -0.25) is 19.2 Å². The topological polar surface area (TPSA) is 162 Å². The van der Waals surface area contributed by atoms with Gasteiger partial charge in [0.15, 0.2) is 19.0 Å². The largest absolute Gasteiger partial charge is 0.456 e. The van der Waals surface area contributed by atoms with Gasteiger partial charge in [-0.1, -0.05) is 121 Å². The monoisotopic (exact) mass is 822 g/mol. The molecule has 5 aromatic carbocycles. The van der Waals surface area contributed by atoms with Crippen molar-refractivity contribution in [2.45, 2.75) is 49.3 Å². The molecule has 5 aromatic rings. The van der Waals surface area contributed by atoms with E-state index < -0.39 is 68.8 Å². The Labute approximate surface area is 337 Å². The maximum Gasteiger partial charge on any atom is 0.324 e. The van der Waals surface area contributed by atoms with Gasteiger partial charge in [-0.25, -0.2) is 16.8 Å². The Morgan fingerprint density at radius 2 is 1.00 bits per heavy atom. The van der Waals surface area contributed by atoms with Crippen molar-refractivity contribution in [3.63, 3.8) is 0 Å². The molecule has 0 N–H and O–H groups in total. The maximum absolute atomic E-state index is 13.5. The lowest BCUT2D eigenvalue weighted by Gasteiger charge is -2.22. The predicted molar refractivity (Wildman–Crippen MR) is 218 cm³/mol. The molecule has 2 aliphatic rings. The third-order valence-electron chi connectivity index (χ3n) is 10.5. The minimum atomic E-state index is -3.80. The molecule has 14 heteroatoms. The van der Waals surface area contributed by atoms with Crippen molar-refractivity contribution in [2.24, 2.45) is 0 Å². The molecule has 0 aromatic heterocycles. The number of fused-ring (bicyclic) bond motifs is 1. The summed E-state index contributed by atoms with van der Waals surface area (Å²) in [6.07, 6.45) is 1.61. The van der Waals surface area contributed by atoms with Gasteiger partial charge in [0, 0.05) is 24.2 Å². The van der Waals surface area contributed by atoms with Crippen molar-refractivity contribution in [1.29, 1.82) is 0 Å². The van der Waals surface area contributed by atoms with Crippen LogP contribution in [-0.4, -0.2) is 87.3 Å². The van der Waals surface area contributed by atoms with Gasteiger partial charge in [0.2, 0.25) is 25.8 Å². The van der Waals surface area contributed by atoms with Crippen LogP contribution in [0.25, 0.3) is 21.9 Å². The van der Waals surface area contributed by atoms with Crippen LogP contribution in [0.2, 0.25) is 0 Å². The fourth-order valence-electron chi connectivity index (χ4n) is 7.61. The first-order chi connectivity index (χ1) is 27.9. The summed E-state index contributed by atoms with van der Waals surface area (Å²) >= 11 is 0. The van der Waals surface area contributed by atoms with Crippen molar-refractivity contribution < 1.29 is 45.5 Å². The molecular formula is C44H42N2O10S2. The zero-order valence-electron chi connectivity index (χ0n) is 31.6.